The first-order valence-electron chi connectivity index (χ1n) is 5.20. The molecule has 0 aromatic carbocycles. The summed E-state index contributed by atoms with van der Waals surface area (Å²) in [5.41, 5.74) is -0.442. The molecule has 0 aliphatic heterocycles. The minimum atomic E-state index is -0.442. The molecule has 0 unspecified atom stereocenters. The Kier molecular flexibility index (Phi) is 4.21. The molecule has 0 fully saturated rings. The fourth-order valence-corrected chi connectivity index (χ4v) is 2.85. The third kappa shape index (κ3) is 3.23. The zero-order valence-electron chi connectivity index (χ0n) is 9.54. The highest BCUT2D eigenvalue weighted by atomic mass is 32.2. The van der Waals surface area contributed by atoms with Gasteiger partial charge in [0, 0.05) is 12.6 Å². The van der Waals surface area contributed by atoms with Crippen molar-refractivity contribution in [2.75, 3.05) is 11.9 Å². The summed E-state index contributed by atoms with van der Waals surface area (Å²) in [6.07, 6.45) is 1.04. The first-order valence-corrected chi connectivity index (χ1v) is 7.00. The molecule has 0 saturated heterocycles. The number of thioether (sulfide) groups is 1. The molecular weight excluding hydrogens is 274 g/mol. The number of aromatic hydroxyl groups is 1. The van der Waals surface area contributed by atoms with Crippen molar-refractivity contribution in [2.24, 2.45) is 0 Å². The van der Waals surface area contributed by atoms with E-state index >= 15 is 0 Å². The highest BCUT2D eigenvalue weighted by molar-refractivity contribution is 8.00. The number of rotatable bonds is 5. The van der Waals surface area contributed by atoms with E-state index in [0.717, 1.165) is 22.3 Å². The zero-order chi connectivity index (χ0) is 13.0. The lowest BCUT2D eigenvalue weighted by atomic mass is 10.4. The molecule has 2 heterocycles. The monoisotopic (exact) mass is 285 g/mol. The van der Waals surface area contributed by atoms with Crippen LogP contribution in [0.15, 0.2) is 25.9 Å². The molecule has 0 saturated carbocycles. The third-order valence-electron chi connectivity index (χ3n) is 1.94. The van der Waals surface area contributed by atoms with E-state index in [-0.39, 0.29) is 5.75 Å². The molecule has 2 aromatic heterocycles. The van der Waals surface area contributed by atoms with E-state index in [9.17, 15) is 4.79 Å². The Morgan fingerprint density at radius 1 is 1.56 bits per heavy atom. The maximum Gasteiger partial charge on any atom is 0.226 e. The topological polar surface area (TPSA) is 88.2 Å². The molecule has 0 aliphatic carbocycles. The summed E-state index contributed by atoms with van der Waals surface area (Å²) in [5.74, 6) is 0.577. The molecule has 0 amide bonds. The van der Waals surface area contributed by atoms with Crippen molar-refractivity contribution in [2.45, 2.75) is 17.0 Å². The molecule has 0 atom stereocenters. The second-order valence-electron chi connectivity index (χ2n) is 3.29. The van der Waals surface area contributed by atoms with Crippen molar-refractivity contribution in [3.05, 3.63) is 28.3 Å². The van der Waals surface area contributed by atoms with Gasteiger partial charge in [0.05, 0.1) is 5.75 Å². The van der Waals surface area contributed by atoms with E-state index in [2.05, 4.69) is 15.5 Å². The van der Waals surface area contributed by atoms with Crippen LogP contribution in [0.5, 0.6) is 5.75 Å². The quantitative estimate of drug-likeness (QED) is 0.811. The van der Waals surface area contributed by atoms with Crippen molar-refractivity contribution < 1.29 is 9.52 Å². The second-order valence-corrected chi connectivity index (χ2v) is 5.49. The van der Waals surface area contributed by atoms with Crippen LogP contribution >= 0.6 is 23.1 Å². The summed E-state index contributed by atoms with van der Waals surface area (Å²) in [5, 5.41) is 20.8. The number of aromatic nitrogens is 2. The lowest BCUT2D eigenvalue weighted by Gasteiger charge is -1.97. The first-order chi connectivity index (χ1) is 8.69. The molecule has 18 heavy (non-hydrogen) atoms. The maximum absolute atomic E-state index is 11.2. The largest absolute Gasteiger partial charge is 0.502 e. The van der Waals surface area contributed by atoms with Gasteiger partial charge in [-0.1, -0.05) is 23.1 Å². The minimum absolute atomic E-state index is 0.380. The SMILES string of the molecule is CCNc1nnc(SCc2cc(=O)c(O)co2)s1. The first kappa shape index (κ1) is 12.9. The van der Waals surface area contributed by atoms with E-state index in [1.54, 1.807) is 0 Å². The summed E-state index contributed by atoms with van der Waals surface area (Å²) >= 11 is 2.87. The standard InChI is InChI=1S/C10H11N3O3S2/c1-2-11-9-12-13-10(18-9)17-5-6-3-7(14)8(15)4-16-6/h3-4,15H,2,5H2,1H3,(H,11,12). The Balaban J connectivity index is 1.97. The van der Waals surface area contributed by atoms with E-state index in [1.807, 2.05) is 6.92 Å². The Bertz CT molecular complexity index is 582. The van der Waals surface area contributed by atoms with Crippen LogP contribution < -0.4 is 10.7 Å². The summed E-state index contributed by atoms with van der Waals surface area (Å²) in [6.45, 7) is 2.78. The van der Waals surface area contributed by atoms with Crippen molar-refractivity contribution in [3.8, 4) is 5.75 Å². The second kappa shape index (κ2) is 5.87. The summed E-state index contributed by atoms with van der Waals surface area (Å²) in [7, 11) is 0. The number of nitrogens with one attached hydrogen (secondary N) is 1. The molecule has 8 heteroatoms. The average molecular weight is 285 g/mol. The molecule has 0 radical (unpaired) electrons. The van der Waals surface area contributed by atoms with E-state index < -0.39 is 5.43 Å². The van der Waals surface area contributed by atoms with Crippen LogP contribution in [0.25, 0.3) is 0 Å². The Hall–Kier alpha value is -1.54. The highest BCUT2D eigenvalue weighted by Crippen LogP contribution is 2.28. The van der Waals surface area contributed by atoms with Gasteiger partial charge in [-0.25, -0.2) is 0 Å². The van der Waals surface area contributed by atoms with Crippen LogP contribution in [-0.4, -0.2) is 21.8 Å². The molecule has 0 aliphatic rings. The fourth-order valence-electron chi connectivity index (χ4n) is 1.14. The Morgan fingerprint density at radius 3 is 3.11 bits per heavy atom. The van der Waals surface area contributed by atoms with Crippen molar-refractivity contribution in [3.63, 3.8) is 0 Å². The van der Waals surface area contributed by atoms with Crippen LogP contribution in [-0.2, 0) is 5.75 Å². The van der Waals surface area contributed by atoms with Gasteiger partial charge in [-0.2, -0.15) is 0 Å². The zero-order valence-corrected chi connectivity index (χ0v) is 11.2. The van der Waals surface area contributed by atoms with Crippen LogP contribution in [0.1, 0.15) is 12.7 Å². The summed E-state index contributed by atoms with van der Waals surface area (Å²) in [4.78, 5) is 11.2. The fraction of sp³-hybridized carbons (Fsp3) is 0.300. The lowest BCUT2D eigenvalue weighted by molar-refractivity contribution is 0.419. The molecule has 0 spiro atoms. The maximum atomic E-state index is 11.2. The Morgan fingerprint density at radius 2 is 2.39 bits per heavy atom. The van der Waals surface area contributed by atoms with Gasteiger partial charge in [0.15, 0.2) is 10.1 Å². The van der Waals surface area contributed by atoms with Gasteiger partial charge in [0.25, 0.3) is 0 Å². The number of hydrogen-bond donors (Lipinski definition) is 2. The minimum Gasteiger partial charge on any atom is -0.502 e. The van der Waals surface area contributed by atoms with E-state index in [1.165, 1.54) is 29.2 Å². The normalized spacial score (nSPS) is 10.5. The molecule has 0 bridgehead atoms. The average Bonchev–Trinajstić information content (AvgIpc) is 2.79. The van der Waals surface area contributed by atoms with Gasteiger partial charge >= 0.3 is 0 Å². The van der Waals surface area contributed by atoms with Gasteiger partial charge < -0.3 is 14.8 Å². The van der Waals surface area contributed by atoms with Crippen LogP contribution in [0.2, 0.25) is 0 Å². The Labute approximate surface area is 111 Å². The molecule has 2 aromatic rings. The lowest BCUT2D eigenvalue weighted by Crippen LogP contribution is -1.98. The van der Waals surface area contributed by atoms with E-state index in [0.29, 0.717) is 11.5 Å². The molecule has 2 N–H and O–H groups in total. The van der Waals surface area contributed by atoms with Crippen LogP contribution in [0.4, 0.5) is 5.13 Å². The van der Waals surface area contributed by atoms with Gasteiger partial charge in [-0.05, 0) is 6.92 Å². The predicted octanol–water partition coefficient (Wildman–Crippen LogP) is 1.92. The number of nitrogens with zero attached hydrogens (tertiary/aromatic N) is 2. The van der Waals surface area contributed by atoms with Crippen LogP contribution in [0, 0.1) is 0 Å². The molecule has 6 nitrogen and oxygen atoms in total. The number of anilines is 1. The third-order valence-corrected chi connectivity index (χ3v) is 3.98. The summed E-state index contributed by atoms with van der Waals surface area (Å²) in [6, 6.07) is 1.27. The van der Waals surface area contributed by atoms with Gasteiger partial charge in [0.1, 0.15) is 12.0 Å². The predicted molar refractivity (Wildman–Crippen MR) is 70.3 cm³/mol. The number of hydrogen-bond acceptors (Lipinski definition) is 8. The smallest absolute Gasteiger partial charge is 0.226 e. The molecule has 96 valence electrons. The highest BCUT2D eigenvalue weighted by Gasteiger charge is 2.07. The molecular formula is C10H11N3O3S2. The van der Waals surface area contributed by atoms with Crippen LogP contribution in [0.3, 0.4) is 0 Å². The van der Waals surface area contributed by atoms with Crippen molar-refractivity contribution in [1.82, 2.24) is 10.2 Å². The van der Waals surface area contributed by atoms with Crippen molar-refractivity contribution in [1.29, 1.82) is 0 Å². The van der Waals surface area contributed by atoms with E-state index in [4.69, 9.17) is 9.52 Å². The summed E-state index contributed by atoms with van der Waals surface area (Å²) < 4.78 is 5.88. The van der Waals surface area contributed by atoms with Gasteiger partial charge in [0.2, 0.25) is 10.6 Å². The van der Waals surface area contributed by atoms with Crippen molar-refractivity contribution >= 4 is 28.2 Å². The van der Waals surface area contributed by atoms with Gasteiger partial charge in [-0.15, -0.1) is 10.2 Å². The molecule has 2 rings (SSSR count). The van der Waals surface area contributed by atoms with Gasteiger partial charge in [-0.3, -0.25) is 4.79 Å².